The lowest BCUT2D eigenvalue weighted by Crippen LogP contribution is -2.30. The Kier molecular flexibility index (Phi) is 4.02. The highest BCUT2D eigenvalue weighted by Gasteiger charge is 2.21. The van der Waals surface area contributed by atoms with E-state index in [1.165, 1.54) is 18.2 Å². The van der Waals surface area contributed by atoms with Crippen LogP contribution in [0, 0.1) is 5.82 Å². The minimum atomic E-state index is -3.95. The molecule has 1 aromatic carbocycles. The maximum absolute atomic E-state index is 13.5. The number of hydrogen-bond acceptors (Lipinski definition) is 4. The SMILES string of the molecule is O=C(NS(=O)(=O)c1cccs1)c1ccc(Br)cc1F. The van der Waals surface area contributed by atoms with E-state index in [-0.39, 0.29) is 9.77 Å². The van der Waals surface area contributed by atoms with E-state index in [9.17, 15) is 17.6 Å². The van der Waals surface area contributed by atoms with Crippen molar-refractivity contribution >= 4 is 43.2 Å². The van der Waals surface area contributed by atoms with Gasteiger partial charge < -0.3 is 0 Å². The van der Waals surface area contributed by atoms with Crippen LogP contribution < -0.4 is 4.72 Å². The van der Waals surface area contributed by atoms with E-state index >= 15 is 0 Å². The van der Waals surface area contributed by atoms with Gasteiger partial charge >= 0.3 is 0 Å². The van der Waals surface area contributed by atoms with Crippen molar-refractivity contribution in [2.45, 2.75) is 4.21 Å². The van der Waals surface area contributed by atoms with Gasteiger partial charge in [0.15, 0.2) is 0 Å². The highest BCUT2D eigenvalue weighted by Crippen LogP contribution is 2.18. The van der Waals surface area contributed by atoms with Gasteiger partial charge in [-0.2, -0.15) is 0 Å². The molecule has 0 aliphatic heterocycles. The first-order valence-corrected chi connectivity index (χ1v) is 8.11. The minimum absolute atomic E-state index is 0.00151. The zero-order valence-corrected chi connectivity index (χ0v) is 12.5. The molecular weight excluding hydrogens is 357 g/mol. The van der Waals surface area contributed by atoms with Crippen LogP contribution in [-0.2, 0) is 10.0 Å². The quantitative estimate of drug-likeness (QED) is 0.911. The summed E-state index contributed by atoms with van der Waals surface area (Å²) in [6.07, 6.45) is 0. The molecule has 0 radical (unpaired) electrons. The zero-order valence-electron chi connectivity index (χ0n) is 9.26. The van der Waals surface area contributed by atoms with Crippen molar-refractivity contribution in [2.24, 2.45) is 0 Å². The number of rotatable bonds is 3. The molecule has 2 rings (SSSR count). The fourth-order valence-corrected chi connectivity index (χ4v) is 3.61. The molecule has 0 fully saturated rings. The summed E-state index contributed by atoms with van der Waals surface area (Å²) in [5.74, 6) is -1.80. The Morgan fingerprint density at radius 3 is 2.63 bits per heavy atom. The lowest BCUT2D eigenvalue weighted by molar-refractivity contribution is 0.0977. The van der Waals surface area contributed by atoms with E-state index in [4.69, 9.17) is 0 Å². The molecule has 1 aromatic heterocycles. The van der Waals surface area contributed by atoms with Gasteiger partial charge in [-0.25, -0.2) is 17.5 Å². The summed E-state index contributed by atoms with van der Waals surface area (Å²) >= 11 is 4.02. The molecule has 0 spiro atoms. The third kappa shape index (κ3) is 3.20. The van der Waals surface area contributed by atoms with Gasteiger partial charge in [-0.3, -0.25) is 4.79 Å². The van der Waals surface area contributed by atoms with Crippen LogP contribution in [0.4, 0.5) is 4.39 Å². The summed E-state index contributed by atoms with van der Waals surface area (Å²) in [4.78, 5) is 11.7. The van der Waals surface area contributed by atoms with Crippen molar-refractivity contribution in [3.8, 4) is 0 Å². The predicted octanol–water partition coefficient (Wildman–Crippen LogP) is 2.77. The third-order valence-corrected chi connectivity index (χ3v) is 5.38. The second-order valence-corrected chi connectivity index (χ2v) is 7.26. The molecule has 19 heavy (non-hydrogen) atoms. The summed E-state index contributed by atoms with van der Waals surface area (Å²) in [6, 6.07) is 6.66. The zero-order chi connectivity index (χ0) is 14.0. The number of amides is 1. The van der Waals surface area contributed by atoms with Gasteiger partial charge in [0.05, 0.1) is 5.56 Å². The van der Waals surface area contributed by atoms with Crippen LogP contribution in [-0.4, -0.2) is 14.3 Å². The number of sulfonamides is 1. The molecule has 0 saturated carbocycles. The summed E-state index contributed by atoms with van der Waals surface area (Å²) in [6.45, 7) is 0. The van der Waals surface area contributed by atoms with Gasteiger partial charge in [-0.05, 0) is 29.6 Å². The van der Waals surface area contributed by atoms with E-state index in [0.717, 1.165) is 17.4 Å². The van der Waals surface area contributed by atoms with Crippen LogP contribution in [0.2, 0.25) is 0 Å². The normalized spacial score (nSPS) is 11.3. The summed E-state index contributed by atoms with van der Waals surface area (Å²) in [5.41, 5.74) is -0.330. The number of benzene rings is 1. The van der Waals surface area contributed by atoms with E-state index in [0.29, 0.717) is 4.47 Å². The highest BCUT2D eigenvalue weighted by molar-refractivity contribution is 9.10. The van der Waals surface area contributed by atoms with Gasteiger partial charge in [0.25, 0.3) is 15.9 Å². The molecule has 0 unspecified atom stereocenters. The van der Waals surface area contributed by atoms with Gasteiger partial charge in [-0.1, -0.05) is 22.0 Å². The lowest BCUT2D eigenvalue weighted by atomic mass is 10.2. The summed E-state index contributed by atoms with van der Waals surface area (Å²) < 4.78 is 39.4. The van der Waals surface area contributed by atoms with E-state index in [1.54, 1.807) is 11.4 Å². The van der Waals surface area contributed by atoms with Gasteiger partial charge in [0.1, 0.15) is 10.0 Å². The van der Waals surface area contributed by atoms with Gasteiger partial charge in [0.2, 0.25) is 0 Å². The Labute approximate surface area is 121 Å². The number of nitrogens with one attached hydrogen (secondary N) is 1. The number of carbonyl (C=O) groups is 1. The molecule has 2 aromatic rings. The first-order chi connectivity index (χ1) is 8.90. The maximum atomic E-state index is 13.5. The first kappa shape index (κ1) is 14.2. The molecule has 0 bridgehead atoms. The Balaban J connectivity index is 2.27. The van der Waals surface area contributed by atoms with Crippen LogP contribution in [0.3, 0.4) is 0 Å². The minimum Gasteiger partial charge on any atom is -0.268 e. The predicted molar refractivity (Wildman–Crippen MR) is 73.1 cm³/mol. The molecule has 4 nitrogen and oxygen atoms in total. The molecule has 1 heterocycles. The van der Waals surface area contributed by atoms with Crippen LogP contribution in [0.25, 0.3) is 0 Å². The van der Waals surface area contributed by atoms with Crippen molar-refractivity contribution in [2.75, 3.05) is 0 Å². The average molecular weight is 364 g/mol. The van der Waals surface area contributed by atoms with E-state index in [2.05, 4.69) is 15.9 Å². The smallest absolute Gasteiger partial charge is 0.268 e. The van der Waals surface area contributed by atoms with E-state index < -0.39 is 21.7 Å². The molecule has 0 aliphatic carbocycles. The monoisotopic (exact) mass is 363 g/mol. The number of hydrogen-bond donors (Lipinski definition) is 1. The summed E-state index contributed by atoms with van der Waals surface area (Å²) in [7, 11) is -3.95. The number of halogens is 2. The van der Waals surface area contributed by atoms with E-state index in [1.807, 2.05) is 4.72 Å². The average Bonchev–Trinajstić information content (AvgIpc) is 2.81. The second kappa shape index (κ2) is 5.40. The molecular formula is C11H7BrFNO3S2. The van der Waals surface area contributed by atoms with Crippen molar-refractivity contribution in [3.63, 3.8) is 0 Å². The molecule has 8 heteroatoms. The molecule has 0 saturated heterocycles. The largest absolute Gasteiger partial charge is 0.273 e. The van der Waals surface area contributed by atoms with Crippen molar-refractivity contribution in [1.29, 1.82) is 0 Å². The Morgan fingerprint density at radius 1 is 1.32 bits per heavy atom. The van der Waals surface area contributed by atoms with Crippen LogP contribution in [0.5, 0.6) is 0 Å². The van der Waals surface area contributed by atoms with Crippen LogP contribution >= 0.6 is 27.3 Å². The standard InChI is InChI=1S/C11H7BrFNO3S2/c12-7-3-4-8(9(13)6-7)11(15)14-19(16,17)10-2-1-5-18-10/h1-6H,(H,14,15). The number of thiophene rings is 1. The molecule has 100 valence electrons. The second-order valence-electron chi connectivity index (χ2n) is 3.49. The fraction of sp³-hybridized carbons (Fsp3) is 0. The molecule has 0 atom stereocenters. The Hall–Kier alpha value is -1.25. The number of carbonyl (C=O) groups excluding carboxylic acids is 1. The Bertz CT molecular complexity index is 714. The third-order valence-electron chi connectivity index (χ3n) is 2.16. The van der Waals surface area contributed by atoms with Crippen LogP contribution in [0.15, 0.2) is 44.4 Å². The highest BCUT2D eigenvalue weighted by atomic mass is 79.9. The van der Waals surface area contributed by atoms with Crippen molar-refractivity contribution < 1.29 is 17.6 Å². The summed E-state index contributed by atoms with van der Waals surface area (Å²) in [5, 5.41) is 1.57. The van der Waals surface area contributed by atoms with Crippen LogP contribution in [0.1, 0.15) is 10.4 Å². The van der Waals surface area contributed by atoms with Crippen molar-refractivity contribution in [1.82, 2.24) is 4.72 Å². The topological polar surface area (TPSA) is 63.2 Å². The maximum Gasteiger partial charge on any atom is 0.273 e. The molecule has 1 N–H and O–H groups in total. The van der Waals surface area contributed by atoms with Crippen molar-refractivity contribution in [3.05, 3.63) is 51.6 Å². The first-order valence-electron chi connectivity index (χ1n) is 4.96. The lowest BCUT2D eigenvalue weighted by Gasteiger charge is -2.06. The fourth-order valence-electron chi connectivity index (χ4n) is 1.32. The molecule has 1 amide bonds. The molecule has 0 aliphatic rings. The van der Waals surface area contributed by atoms with Gasteiger partial charge in [0, 0.05) is 4.47 Å². The van der Waals surface area contributed by atoms with Gasteiger partial charge in [-0.15, -0.1) is 11.3 Å². The Morgan fingerprint density at radius 2 is 2.05 bits per heavy atom.